The molecule has 0 bridgehead atoms. The Morgan fingerprint density at radius 3 is 2.92 bits per heavy atom. The molecule has 0 N–H and O–H groups in total. The lowest BCUT2D eigenvalue weighted by Gasteiger charge is -2.29. The lowest BCUT2D eigenvalue weighted by Crippen LogP contribution is -2.34. The molecule has 3 aromatic rings. The molecule has 3 heterocycles. The fourth-order valence-corrected chi connectivity index (χ4v) is 3.68. The summed E-state index contributed by atoms with van der Waals surface area (Å²) in [5, 5.41) is 4.24. The first-order valence-corrected chi connectivity index (χ1v) is 9.22. The minimum atomic E-state index is 0.0229. The van der Waals surface area contributed by atoms with E-state index in [1.54, 1.807) is 12.5 Å². The Hall–Kier alpha value is -2.82. The highest BCUT2D eigenvalue weighted by molar-refractivity contribution is 5.94. The van der Waals surface area contributed by atoms with E-state index in [4.69, 9.17) is 4.42 Å². The third kappa shape index (κ3) is 3.57. The number of aromatic nitrogens is 2. The van der Waals surface area contributed by atoms with Crippen LogP contribution in [0.1, 0.15) is 53.4 Å². The van der Waals surface area contributed by atoms with Gasteiger partial charge in [-0.3, -0.25) is 9.48 Å². The Balaban J connectivity index is 1.58. The third-order valence-electron chi connectivity index (χ3n) is 4.96. The minimum Gasteiger partial charge on any atom is -0.467 e. The molecule has 2 aromatic heterocycles. The summed E-state index contributed by atoms with van der Waals surface area (Å²) in [6.07, 6.45) is 9.64. The molecule has 1 saturated heterocycles. The van der Waals surface area contributed by atoms with Crippen LogP contribution >= 0.6 is 0 Å². The van der Waals surface area contributed by atoms with Gasteiger partial charge in [-0.25, -0.2) is 0 Å². The van der Waals surface area contributed by atoms with Crippen molar-refractivity contribution in [2.75, 3.05) is 6.54 Å². The zero-order valence-corrected chi connectivity index (χ0v) is 14.8. The summed E-state index contributed by atoms with van der Waals surface area (Å²) in [6, 6.07) is 13.7. The number of hydrogen-bond donors (Lipinski definition) is 0. The number of carbonyl (C=O) groups excluding carboxylic acids is 1. The van der Waals surface area contributed by atoms with E-state index in [2.05, 4.69) is 5.10 Å². The monoisotopic (exact) mass is 349 g/mol. The number of carbonyl (C=O) groups is 1. The van der Waals surface area contributed by atoms with Crippen molar-refractivity contribution in [3.05, 3.63) is 78.0 Å². The van der Waals surface area contributed by atoms with E-state index in [0.29, 0.717) is 6.54 Å². The second kappa shape index (κ2) is 7.60. The number of likely N-dealkylation sites (tertiary alicyclic amines) is 1. The minimum absolute atomic E-state index is 0.0229. The molecule has 1 aromatic carbocycles. The molecule has 5 nitrogen and oxygen atoms in total. The standard InChI is InChI=1S/C21H23N3O2/c25-21(18-8-4-7-17(15-18)16-23-12-6-11-22-23)24-13-3-1-2-9-19(24)20-10-5-14-26-20/h4-8,10-12,14-15,19H,1-3,9,13,16H2/t19-/m0/s1. The lowest BCUT2D eigenvalue weighted by molar-refractivity contribution is 0.0658. The van der Waals surface area contributed by atoms with Crippen LogP contribution in [0.3, 0.4) is 0 Å². The van der Waals surface area contributed by atoms with E-state index < -0.39 is 0 Å². The van der Waals surface area contributed by atoms with E-state index in [1.807, 2.05) is 58.2 Å². The van der Waals surface area contributed by atoms with Crippen LogP contribution < -0.4 is 0 Å². The van der Waals surface area contributed by atoms with Crippen molar-refractivity contribution >= 4 is 5.91 Å². The molecule has 0 radical (unpaired) electrons. The normalized spacial score (nSPS) is 17.8. The van der Waals surface area contributed by atoms with Crippen molar-refractivity contribution in [1.29, 1.82) is 0 Å². The lowest BCUT2D eigenvalue weighted by atomic mass is 10.1. The van der Waals surface area contributed by atoms with Gasteiger partial charge in [0.05, 0.1) is 18.8 Å². The quantitative estimate of drug-likeness (QED) is 0.706. The maximum Gasteiger partial charge on any atom is 0.254 e. The molecule has 1 atom stereocenters. The summed E-state index contributed by atoms with van der Waals surface area (Å²) in [4.78, 5) is 15.3. The molecule has 5 heteroatoms. The van der Waals surface area contributed by atoms with Crippen LogP contribution in [0.4, 0.5) is 0 Å². The van der Waals surface area contributed by atoms with Gasteiger partial charge in [-0.1, -0.05) is 25.0 Å². The van der Waals surface area contributed by atoms with Crippen molar-refractivity contribution in [2.45, 2.75) is 38.3 Å². The molecule has 0 saturated carbocycles. The number of hydrogen-bond acceptors (Lipinski definition) is 3. The SMILES string of the molecule is O=C(c1cccc(Cn2cccn2)c1)N1CCCCC[C@H]1c1ccco1. The topological polar surface area (TPSA) is 51.3 Å². The molecular formula is C21H23N3O2. The predicted octanol–water partition coefficient (Wildman–Crippen LogP) is 4.28. The van der Waals surface area contributed by atoms with E-state index in [1.165, 1.54) is 0 Å². The molecule has 134 valence electrons. The Kier molecular flexibility index (Phi) is 4.86. The van der Waals surface area contributed by atoms with Gasteiger partial charge >= 0.3 is 0 Å². The first kappa shape index (κ1) is 16.6. The third-order valence-corrected chi connectivity index (χ3v) is 4.96. The average Bonchev–Trinajstić information content (AvgIpc) is 3.32. The van der Waals surface area contributed by atoms with E-state index in [0.717, 1.165) is 49.1 Å². The summed E-state index contributed by atoms with van der Waals surface area (Å²) in [6.45, 7) is 1.43. The highest BCUT2D eigenvalue weighted by Gasteiger charge is 2.29. The van der Waals surface area contributed by atoms with Crippen LogP contribution in [0.2, 0.25) is 0 Å². The molecule has 1 amide bonds. The smallest absolute Gasteiger partial charge is 0.254 e. The van der Waals surface area contributed by atoms with Gasteiger partial charge in [-0.2, -0.15) is 5.10 Å². The zero-order valence-electron chi connectivity index (χ0n) is 14.8. The summed E-state index contributed by atoms with van der Waals surface area (Å²) in [5.74, 6) is 0.962. The van der Waals surface area contributed by atoms with Gasteiger partial charge in [-0.15, -0.1) is 0 Å². The van der Waals surface area contributed by atoms with Crippen LogP contribution in [0.5, 0.6) is 0 Å². The van der Waals surface area contributed by atoms with Gasteiger partial charge in [0.2, 0.25) is 0 Å². The molecule has 1 aliphatic rings. The highest BCUT2D eigenvalue weighted by atomic mass is 16.3. The number of amides is 1. The Morgan fingerprint density at radius 2 is 2.12 bits per heavy atom. The average molecular weight is 349 g/mol. The Labute approximate surface area is 153 Å². The van der Waals surface area contributed by atoms with Crippen LogP contribution in [0, 0.1) is 0 Å². The van der Waals surface area contributed by atoms with Gasteiger partial charge < -0.3 is 9.32 Å². The van der Waals surface area contributed by atoms with Crippen molar-refractivity contribution in [3.8, 4) is 0 Å². The van der Waals surface area contributed by atoms with E-state index in [9.17, 15) is 4.79 Å². The fourth-order valence-electron chi connectivity index (χ4n) is 3.68. The summed E-state index contributed by atoms with van der Waals surface area (Å²) in [7, 11) is 0. The predicted molar refractivity (Wildman–Crippen MR) is 98.7 cm³/mol. The molecule has 0 unspecified atom stereocenters. The molecule has 0 spiro atoms. The van der Waals surface area contributed by atoms with Gasteiger partial charge in [-0.05, 0) is 48.7 Å². The maximum atomic E-state index is 13.3. The second-order valence-electron chi connectivity index (χ2n) is 6.78. The largest absolute Gasteiger partial charge is 0.467 e. The van der Waals surface area contributed by atoms with Gasteiger partial charge in [0.15, 0.2) is 0 Å². The van der Waals surface area contributed by atoms with Gasteiger partial charge in [0.1, 0.15) is 5.76 Å². The van der Waals surface area contributed by atoms with Crippen LogP contribution in [0.25, 0.3) is 0 Å². The van der Waals surface area contributed by atoms with Gasteiger partial charge in [0.25, 0.3) is 5.91 Å². The second-order valence-corrected chi connectivity index (χ2v) is 6.78. The van der Waals surface area contributed by atoms with E-state index >= 15 is 0 Å². The molecular weight excluding hydrogens is 326 g/mol. The number of benzene rings is 1. The van der Waals surface area contributed by atoms with E-state index in [-0.39, 0.29) is 11.9 Å². The molecule has 0 aliphatic carbocycles. The number of furan rings is 1. The zero-order chi connectivity index (χ0) is 17.8. The molecule has 1 aliphatic heterocycles. The molecule has 26 heavy (non-hydrogen) atoms. The van der Waals surface area contributed by atoms with Crippen molar-refractivity contribution in [3.63, 3.8) is 0 Å². The van der Waals surface area contributed by atoms with Crippen molar-refractivity contribution in [2.24, 2.45) is 0 Å². The number of nitrogens with zero attached hydrogens (tertiary/aromatic N) is 3. The Morgan fingerprint density at radius 1 is 1.15 bits per heavy atom. The van der Waals surface area contributed by atoms with Crippen LogP contribution in [0.15, 0.2) is 65.5 Å². The van der Waals surface area contributed by atoms with Gasteiger partial charge in [0, 0.05) is 24.5 Å². The first-order valence-electron chi connectivity index (χ1n) is 9.22. The van der Waals surface area contributed by atoms with Crippen molar-refractivity contribution in [1.82, 2.24) is 14.7 Å². The summed E-state index contributed by atoms with van der Waals surface area (Å²) >= 11 is 0. The van der Waals surface area contributed by atoms with Crippen LogP contribution in [-0.2, 0) is 6.54 Å². The Bertz CT molecular complexity index is 840. The van der Waals surface area contributed by atoms with Crippen LogP contribution in [-0.4, -0.2) is 27.1 Å². The maximum absolute atomic E-state index is 13.3. The summed E-state index contributed by atoms with van der Waals surface area (Å²) < 4.78 is 7.50. The molecule has 1 fully saturated rings. The highest BCUT2D eigenvalue weighted by Crippen LogP contribution is 2.31. The summed E-state index contributed by atoms with van der Waals surface area (Å²) in [5.41, 5.74) is 1.80. The number of rotatable bonds is 4. The first-order chi connectivity index (χ1) is 12.8. The van der Waals surface area contributed by atoms with Crippen molar-refractivity contribution < 1.29 is 9.21 Å². The molecule has 4 rings (SSSR count). The fraction of sp³-hybridized carbons (Fsp3) is 0.333.